The van der Waals surface area contributed by atoms with Gasteiger partial charge in [-0.15, -0.1) is 0 Å². The summed E-state index contributed by atoms with van der Waals surface area (Å²) in [5.41, 5.74) is -0.0675. The molecule has 1 heterocycles. The van der Waals surface area contributed by atoms with E-state index in [1.807, 2.05) is 0 Å². The Bertz CT molecular complexity index is 615. The normalized spacial score (nSPS) is 10.0. The van der Waals surface area contributed by atoms with E-state index in [9.17, 15) is 4.79 Å². The summed E-state index contributed by atoms with van der Waals surface area (Å²) in [6.07, 6.45) is 1.39. The minimum absolute atomic E-state index is 0.0675. The zero-order valence-electron chi connectivity index (χ0n) is 9.96. The van der Waals surface area contributed by atoms with Crippen LogP contribution in [-0.4, -0.2) is 23.2 Å². The average molecular weight is 324 g/mol. The van der Waals surface area contributed by atoms with Gasteiger partial charge in [-0.2, -0.15) is 0 Å². The van der Waals surface area contributed by atoms with Gasteiger partial charge in [-0.1, -0.05) is 0 Å². The van der Waals surface area contributed by atoms with E-state index >= 15 is 0 Å². The number of carboxylic acids is 1. The molecule has 0 unspecified atom stereocenters. The van der Waals surface area contributed by atoms with Crippen LogP contribution in [0.1, 0.15) is 10.5 Å². The number of hydrogen-bond acceptors (Lipinski definition) is 4. The largest absolute Gasteiger partial charge is 0.497 e. The molecule has 0 aliphatic rings. The van der Waals surface area contributed by atoms with Crippen LogP contribution in [0.15, 0.2) is 41.0 Å². The molecule has 1 N–H and O–H groups in total. The van der Waals surface area contributed by atoms with E-state index in [-0.39, 0.29) is 5.69 Å². The molecule has 1 aromatic carbocycles. The Morgan fingerprint density at radius 1 is 1.26 bits per heavy atom. The van der Waals surface area contributed by atoms with Gasteiger partial charge in [-0.05, 0) is 40.2 Å². The minimum atomic E-state index is -1.10. The van der Waals surface area contributed by atoms with E-state index in [0.29, 0.717) is 21.7 Å². The predicted molar refractivity (Wildman–Crippen MR) is 72.0 cm³/mol. The zero-order chi connectivity index (χ0) is 13.8. The van der Waals surface area contributed by atoms with Crippen LogP contribution in [0, 0.1) is 0 Å². The molecule has 5 nitrogen and oxygen atoms in total. The molecule has 0 fully saturated rings. The fourth-order valence-electron chi connectivity index (χ4n) is 1.41. The predicted octanol–water partition coefficient (Wildman–Crippen LogP) is 3.34. The number of carboxylic acid groups (broad SMARTS) is 1. The molecule has 0 bridgehead atoms. The van der Waals surface area contributed by atoms with Crippen molar-refractivity contribution < 1.29 is 19.4 Å². The van der Waals surface area contributed by atoms with Crippen molar-refractivity contribution in [3.8, 4) is 17.2 Å². The number of aromatic carboxylic acids is 1. The Labute approximate surface area is 117 Å². The number of aromatic nitrogens is 1. The summed E-state index contributed by atoms with van der Waals surface area (Å²) >= 11 is 3.36. The first-order valence-electron chi connectivity index (χ1n) is 5.31. The number of nitrogens with zero attached hydrogens (tertiary/aromatic N) is 1. The summed E-state index contributed by atoms with van der Waals surface area (Å²) in [5.74, 6) is 0.557. The number of pyridine rings is 1. The summed E-state index contributed by atoms with van der Waals surface area (Å²) in [4.78, 5) is 14.5. The number of carbonyl (C=O) groups is 1. The standard InChI is InChI=1S/C13H10BrNO4/c1-18-8-2-3-12(10(14)6-8)19-9-4-5-15-11(7-9)13(16)17/h2-7H,1H3,(H,16,17). The maximum absolute atomic E-state index is 10.8. The third-order valence-electron chi connectivity index (χ3n) is 2.32. The van der Waals surface area contributed by atoms with E-state index in [2.05, 4.69) is 20.9 Å². The topological polar surface area (TPSA) is 68.7 Å². The highest BCUT2D eigenvalue weighted by molar-refractivity contribution is 9.10. The third kappa shape index (κ3) is 3.23. The average Bonchev–Trinajstić information content (AvgIpc) is 2.41. The Balaban J connectivity index is 2.26. The van der Waals surface area contributed by atoms with Gasteiger partial charge in [-0.25, -0.2) is 9.78 Å². The maximum Gasteiger partial charge on any atom is 0.354 e. The second kappa shape index (κ2) is 5.71. The van der Waals surface area contributed by atoms with Crippen LogP contribution in [0.2, 0.25) is 0 Å². The van der Waals surface area contributed by atoms with Crippen molar-refractivity contribution in [1.82, 2.24) is 4.98 Å². The number of rotatable bonds is 4. The van der Waals surface area contributed by atoms with E-state index in [4.69, 9.17) is 14.6 Å². The van der Waals surface area contributed by atoms with Crippen LogP contribution in [0.25, 0.3) is 0 Å². The van der Waals surface area contributed by atoms with Crippen molar-refractivity contribution >= 4 is 21.9 Å². The quantitative estimate of drug-likeness (QED) is 0.934. The number of hydrogen-bond donors (Lipinski definition) is 1. The van der Waals surface area contributed by atoms with Gasteiger partial charge >= 0.3 is 5.97 Å². The second-order valence-corrected chi connectivity index (χ2v) is 4.43. The first-order chi connectivity index (χ1) is 9.10. The highest BCUT2D eigenvalue weighted by Crippen LogP contribution is 2.32. The molecular weight excluding hydrogens is 314 g/mol. The van der Waals surface area contributed by atoms with E-state index in [1.165, 1.54) is 12.3 Å². The molecule has 0 atom stereocenters. The molecule has 1 aromatic heterocycles. The summed E-state index contributed by atoms with van der Waals surface area (Å²) in [5, 5.41) is 8.85. The molecule has 0 saturated heterocycles. The lowest BCUT2D eigenvalue weighted by Gasteiger charge is -2.09. The van der Waals surface area contributed by atoms with Gasteiger partial charge in [0, 0.05) is 12.3 Å². The van der Waals surface area contributed by atoms with Crippen molar-refractivity contribution in [2.75, 3.05) is 7.11 Å². The first kappa shape index (κ1) is 13.4. The number of benzene rings is 1. The molecule has 0 amide bonds. The van der Waals surface area contributed by atoms with Gasteiger partial charge < -0.3 is 14.6 Å². The Morgan fingerprint density at radius 3 is 2.68 bits per heavy atom. The molecule has 98 valence electrons. The van der Waals surface area contributed by atoms with Crippen molar-refractivity contribution in [2.45, 2.75) is 0 Å². The van der Waals surface area contributed by atoms with Crippen molar-refractivity contribution in [2.24, 2.45) is 0 Å². The van der Waals surface area contributed by atoms with Crippen LogP contribution in [0.5, 0.6) is 17.2 Å². The molecule has 0 aliphatic carbocycles. The zero-order valence-corrected chi connectivity index (χ0v) is 11.5. The smallest absolute Gasteiger partial charge is 0.354 e. The molecule has 19 heavy (non-hydrogen) atoms. The lowest BCUT2D eigenvalue weighted by atomic mass is 10.3. The van der Waals surface area contributed by atoms with Gasteiger partial charge in [-0.3, -0.25) is 0 Å². The molecule has 6 heteroatoms. The molecule has 0 aliphatic heterocycles. The van der Waals surface area contributed by atoms with Crippen LogP contribution >= 0.6 is 15.9 Å². The van der Waals surface area contributed by atoms with Crippen LogP contribution in [-0.2, 0) is 0 Å². The highest BCUT2D eigenvalue weighted by Gasteiger charge is 2.08. The van der Waals surface area contributed by atoms with Gasteiger partial charge in [0.15, 0.2) is 5.69 Å². The first-order valence-corrected chi connectivity index (χ1v) is 6.10. The Morgan fingerprint density at radius 2 is 2.05 bits per heavy atom. The molecule has 0 saturated carbocycles. The summed E-state index contributed by atoms with van der Waals surface area (Å²) in [6, 6.07) is 8.18. The third-order valence-corrected chi connectivity index (χ3v) is 2.94. The maximum atomic E-state index is 10.8. The van der Waals surface area contributed by atoms with E-state index in [0.717, 1.165) is 0 Å². The second-order valence-electron chi connectivity index (χ2n) is 3.58. The van der Waals surface area contributed by atoms with E-state index < -0.39 is 5.97 Å². The van der Waals surface area contributed by atoms with Gasteiger partial charge in [0.1, 0.15) is 17.2 Å². The lowest BCUT2D eigenvalue weighted by molar-refractivity contribution is 0.0690. The van der Waals surface area contributed by atoms with Gasteiger partial charge in [0.2, 0.25) is 0 Å². The lowest BCUT2D eigenvalue weighted by Crippen LogP contribution is -1.99. The summed E-state index contributed by atoms with van der Waals surface area (Å²) < 4.78 is 11.4. The van der Waals surface area contributed by atoms with Crippen molar-refractivity contribution in [3.63, 3.8) is 0 Å². The monoisotopic (exact) mass is 323 g/mol. The summed E-state index contributed by atoms with van der Waals surface area (Å²) in [7, 11) is 1.57. The molecular formula is C13H10BrNO4. The van der Waals surface area contributed by atoms with E-state index in [1.54, 1.807) is 31.4 Å². The van der Waals surface area contributed by atoms with Crippen molar-refractivity contribution in [1.29, 1.82) is 0 Å². The molecule has 2 aromatic rings. The SMILES string of the molecule is COc1ccc(Oc2ccnc(C(=O)O)c2)c(Br)c1. The number of halogens is 1. The summed E-state index contributed by atoms with van der Waals surface area (Å²) in [6.45, 7) is 0. The fourth-order valence-corrected chi connectivity index (χ4v) is 1.85. The number of methoxy groups -OCH3 is 1. The highest BCUT2D eigenvalue weighted by atomic mass is 79.9. The molecule has 0 radical (unpaired) electrons. The van der Waals surface area contributed by atoms with Crippen molar-refractivity contribution in [3.05, 3.63) is 46.7 Å². The van der Waals surface area contributed by atoms with Gasteiger partial charge in [0.05, 0.1) is 11.6 Å². The Hall–Kier alpha value is -2.08. The fraction of sp³-hybridized carbons (Fsp3) is 0.0769. The molecule has 0 spiro atoms. The minimum Gasteiger partial charge on any atom is -0.497 e. The van der Waals surface area contributed by atoms with Crippen LogP contribution in [0.4, 0.5) is 0 Å². The van der Waals surface area contributed by atoms with Crippen LogP contribution < -0.4 is 9.47 Å². The number of ether oxygens (including phenoxy) is 2. The Kier molecular flexibility index (Phi) is 4.01. The van der Waals surface area contributed by atoms with Gasteiger partial charge in [0.25, 0.3) is 0 Å². The molecule has 2 rings (SSSR count). The van der Waals surface area contributed by atoms with Crippen LogP contribution in [0.3, 0.4) is 0 Å².